The van der Waals surface area contributed by atoms with E-state index in [9.17, 15) is 9.59 Å². The number of anilines is 1. The molecular weight excluding hydrogens is 326 g/mol. The van der Waals surface area contributed by atoms with Crippen molar-refractivity contribution >= 4 is 17.5 Å². The average Bonchev–Trinajstić information content (AvgIpc) is 2.97. The van der Waals surface area contributed by atoms with E-state index in [1.807, 2.05) is 35.2 Å². The second-order valence-electron chi connectivity index (χ2n) is 7.28. The Hall–Kier alpha value is -2.69. The van der Waals surface area contributed by atoms with Crippen LogP contribution in [0.4, 0.5) is 5.69 Å². The minimum Gasteiger partial charge on any atom is -0.338 e. The molecule has 0 spiro atoms. The van der Waals surface area contributed by atoms with E-state index in [4.69, 9.17) is 0 Å². The van der Waals surface area contributed by atoms with Crippen LogP contribution in [0.5, 0.6) is 0 Å². The van der Waals surface area contributed by atoms with E-state index >= 15 is 0 Å². The Balaban J connectivity index is 1.69. The number of nitrogens with zero attached hydrogens (tertiary/aromatic N) is 3. The van der Waals surface area contributed by atoms with Gasteiger partial charge < -0.3 is 9.80 Å². The summed E-state index contributed by atoms with van der Waals surface area (Å²) in [5.41, 5.74) is 3.11. The van der Waals surface area contributed by atoms with Crippen LogP contribution < -0.4 is 4.90 Å². The number of rotatable bonds is 2. The van der Waals surface area contributed by atoms with Crippen LogP contribution in [0.2, 0.25) is 0 Å². The van der Waals surface area contributed by atoms with Crippen LogP contribution in [0.15, 0.2) is 48.8 Å². The zero-order valence-corrected chi connectivity index (χ0v) is 15.1. The van der Waals surface area contributed by atoms with Gasteiger partial charge in [0.25, 0.3) is 0 Å². The maximum atomic E-state index is 13.5. The number of hydrogen-bond donors (Lipinski definition) is 0. The quantitative estimate of drug-likeness (QED) is 0.837. The van der Waals surface area contributed by atoms with Crippen LogP contribution in [0, 0.1) is 5.92 Å². The summed E-state index contributed by atoms with van der Waals surface area (Å²) in [6.07, 6.45) is 4.66. The van der Waals surface area contributed by atoms with Gasteiger partial charge in [0.15, 0.2) is 0 Å². The third-order valence-electron chi connectivity index (χ3n) is 5.74. The van der Waals surface area contributed by atoms with Gasteiger partial charge in [0.05, 0.1) is 12.0 Å². The van der Waals surface area contributed by atoms with Crippen molar-refractivity contribution < 1.29 is 9.59 Å². The number of hydrogen-bond acceptors (Lipinski definition) is 3. The molecule has 134 valence electrons. The molecule has 2 aliphatic heterocycles. The smallest absolute Gasteiger partial charge is 0.233 e. The zero-order chi connectivity index (χ0) is 18.3. The topological polar surface area (TPSA) is 53.5 Å². The number of carbonyl (C=O) groups is 2. The van der Waals surface area contributed by atoms with E-state index in [-0.39, 0.29) is 30.2 Å². The minimum absolute atomic E-state index is 0.0101. The van der Waals surface area contributed by atoms with Crippen molar-refractivity contribution in [3.63, 3.8) is 0 Å². The number of aromatic nitrogens is 1. The molecule has 0 N–H and O–H groups in total. The summed E-state index contributed by atoms with van der Waals surface area (Å²) in [7, 11) is 1.78. The number of benzene rings is 1. The summed E-state index contributed by atoms with van der Waals surface area (Å²) < 4.78 is 0. The van der Waals surface area contributed by atoms with E-state index in [1.165, 1.54) is 5.56 Å². The lowest BCUT2D eigenvalue weighted by molar-refractivity contribution is -0.128. The number of carbonyl (C=O) groups excluding carboxylic acids is 2. The highest BCUT2D eigenvalue weighted by Gasteiger charge is 2.45. The summed E-state index contributed by atoms with van der Waals surface area (Å²) in [5.74, 6) is 0.113. The van der Waals surface area contributed by atoms with Gasteiger partial charge in [-0.2, -0.15) is 0 Å². The molecule has 5 heteroatoms. The highest BCUT2D eigenvalue weighted by Crippen LogP contribution is 2.41. The summed E-state index contributed by atoms with van der Waals surface area (Å²) in [5, 5.41) is 0. The van der Waals surface area contributed by atoms with Crippen LogP contribution in [-0.4, -0.2) is 35.3 Å². The summed E-state index contributed by atoms with van der Waals surface area (Å²) >= 11 is 0. The van der Waals surface area contributed by atoms with Crippen molar-refractivity contribution in [3.8, 4) is 0 Å². The Labute approximate surface area is 153 Å². The fourth-order valence-electron chi connectivity index (χ4n) is 4.28. The third kappa shape index (κ3) is 2.68. The van der Waals surface area contributed by atoms with E-state index < -0.39 is 0 Å². The van der Waals surface area contributed by atoms with Gasteiger partial charge >= 0.3 is 0 Å². The van der Waals surface area contributed by atoms with Gasteiger partial charge in [0, 0.05) is 38.1 Å². The van der Waals surface area contributed by atoms with Crippen molar-refractivity contribution in [2.24, 2.45) is 5.92 Å². The number of amides is 2. The number of likely N-dealkylation sites (tertiary alicyclic amines) is 1. The predicted octanol–water partition coefficient (Wildman–Crippen LogP) is 3.14. The second-order valence-corrected chi connectivity index (χ2v) is 7.28. The Morgan fingerprint density at radius 2 is 2.00 bits per heavy atom. The van der Waals surface area contributed by atoms with Gasteiger partial charge in [0.1, 0.15) is 0 Å². The maximum Gasteiger partial charge on any atom is 0.233 e. The van der Waals surface area contributed by atoms with Crippen molar-refractivity contribution in [3.05, 3.63) is 59.9 Å². The molecule has 1 fully saturated rings. The largest absolute Gasteiger partial charge is 0.338 e. The molecule has 3 unspecified atom stereocenters. The lowest BCUT2D eigenvalue weighted by atomic mass is 9.88. The lowest BCUT2D eigenvalue weighted by Gasteiger charge is -2.35. The molecule has 1 aromatic carbocycles. The molecule has 0 saturated carbocycles. The minimum atomic E-state index is -0.377. The number of fused-ring (bicyclic) bond motifs is 1. The molecular formula is C21H23N3O2. The molecule has 1 aromatic heterocycles. The molecule has 2 aromatic rings. The fraction of sp³-hybridized carbons (Fsp3) is 0.381. The first-order valence-corrected chi connectivity index (χ1v) is 9.14. The van der Waals surface area contributed by atoms with Crippen LogP contribution in [0.3, 0.4) is 0 Å². The van der Waals surface area contributed by atoms with Crippen molar-refractivity contribution in [2.45, 2.75) is 31.7 Å². The van der Waals surface area contributed by atoms with Crippen molar-refractivity contribution in [2.75, 3.05) is 18.5 Å². The van der Waals surface area contributed by atoms with Crippen molar-refractivity contribution in [1.29, 1.82) is 0 Å². The standard InChI is InChI=1S/C21H23N3O2/c1-14-9-11-24(18-8-4-3-7-16(14)18)21(26)17-12-19(25)23(2)20(17)15-6-5-10-22-13-15/h3-8,10,13-14,17,20H,9,11-12H2,1-2H3. The van der Waals surface area contributed by atoms with E-state index in [2.05, 4.69) is 18.0 Å². The fourth-order valence-corrected chi connectivity index (χ4v) is 4.28. The monoisotopic (exact) mass is 349 g/mol. The Morgan fingerprint density at radius 3 is 2.77 bits per heavy atom. The highest BCUT2D eigenvalue weighted by atomic mass is 16.2. The summed E-state index contributed by atoms with van der Waals surface area (Å²) in [4.78, 5) is 33.6. The summed E-state index contributed by atoms with van der Waals surface area (Å²) in [6.45, 7) is 2.90. The van der Waals surface area contributed by atoms with Gasteiger partial charge in [-0.05, 0) is 35.6 Å². The molecule has 1 saturated heterocycles. The maximum absolute atomic E-state index is 13.5. The van der Waals surface area contributed by atoms with Gasteiger partial charge in [-0.15, -0.1) is 0 Å². The SMILES string of the molecule is CC1CCN(C(=O)C2CC(=O)N(C)C2c2cccnc2)c2ccccc21. The first-order valence-electron chi connectivity index (χ1n) is 9.14. The predicted molar refractivity (Wildman–Crippen MR) is 99.7 cm³/mol. The summed E-state index contributed by atoms with van der Waals surface area (Å²) in [6, 6.07) is 11.7. The van der Waals surface area contributed by atoms with Crippen LogP contribution in [-0.2, 0) is 9.59 Å². The van der Waals surface area contributed by atoms with Gasteiger partial charge in [-0.3, -0.25) is 14.6 Å². The molecule has 3 atom stereocenters. The number of pyridine rings is 1. The molecule has 5 nitrogen and oxygen atoms in total. The molecule has 0 radical (unpaired) electrons. The van der Waals surface area contributed by atoms with Crippen LogP contribution >= 0.6 is 0 Å². The Morgan fingerprint density at radius 1 is 1.19 bits per heavy atom. The average molecular weight is 349 g/mol. The first kappa shape index (κ1) is 16.8. The normalized spacial score (nSPS) is 25.3. The second kappa shape index (κ2) is 6.56. The van der Waals surface area contributed by atoms with Gasteiger partial charge in [-0.1, -0.05) is 31.2 Å². The molecule has 3 heterocycles. The zero-order valence-electron chi connectivity index (χ0n) is 15.1. The molecule has 2 amide bonds. The van der Waals surface area contributed by atoms with Gasteiger partial charge in [0.2, 0.25) is 11.8 Å². The van der Waals surface area contributed by atoms with Gasteiger partial charge in [-0.25, -0.2) is 0 Å². The molecule has 4 rings (SSSR count). The molecule has 26 heavy (non-hydrogen) atoms. The molecule has 0 bridgehead atoms. The Kier molecular flexibility index (Phi) is 4.23. The molecule has 2 aliphatic rings. The van der Waals surface area contributed by atoms with E-state index in [0.717, 1.165) is 17.7 Å². The first-order chi connectivity index (χ1) is 12.6. The van der Waals surface area contributed by atoms with Crippen LogP contribution in [0.25, 0.3) is 0 Å². The third-order valence-corrected chi connectivity index (χ3v) is 5.74. The number of para-hydroxylation sites is 1. The molecule has 0 aliphatic carbocycles. The van der Waals surface area contributed by atoms with Crippen LogP contribution in [0.1, 0.15) is 42.9 Å². The Bertz CT molecular complexity index is 836. The van der Waals surface area contributed by atoms with Crippen molar-refractivity contribution in [1.82, 2.24) is 9.88 Å². The van der Waals surface area contributed by atoms with E-state index in [0.29, 0.717) is 12.5 Å². The lowest BCUT2D eigenvalue weighted by Crippen LogP contribution is -2.42. The highest BCUT2D eigenvalue weighted by molar-refractivity contribution is 6.00. The van der Waals surface area contributed by atoms with E-state index in [1.54, 1.807) is 24.3 Å².